The van der Waals surface area contributed by atoms with Gasteiger partial charge in [-0.2, -0.15) is 0 Å². The Labute approximate surface area is 118 Å². The van der Waals surface area contributed by atoms with Crippen LogP contribution in [0.2, 0.25) is 0 Å². The molecule has 1 aromatic carbocycles. The molecular formula is C14H20FNO3S. The van der Waals surface area contributed by atoms with Gasteiger partial charge < -0.3 is 10.8 Å². The second-order valence-corrected chi connectivity index (χ2v) is 8.05. The Kier molecular flexibility index (Phi) is 3.69. The fourth-order valence-electron chi connectivity index (χ4n) is 2.86. The summed E-state index contributed by atoms with van der Waals surface area (Å²) in [5, 5.41) is 10.9. The Hall–Kier alpha value is -0.980. The smallest absolute Gasteiger partial charge is 0.151 e. The molecule has 20 heavy (non-hydrogen) atoms. The maximum absolute atomic E-state index is 13.7. The van der Waals surface area contributed by atoms with Crippen molar-refractivity contribution in [3.8, 4) is 0 Å². The number of halogens is 1. The Morgan fingerprint density at radius 1 is 1.50 bits per heavy atom. The molecule has 2 unspecified atom stereocenters. The van der Waals surface area contributed by atoms with Crippen molar-refractivity contribution in [3.63, 3.8) is 0 Å². The first-order valence-corrected chi connectivity index (χ1v) is 8.35. The molecule has 4 nitrogen and oxygen atoms in total. The SMILES string of the molecule is Cc1ccc(C(C)(O)C2(CN)CCS(=O)(=O)C2)cc1F. The standard InChI is InChI=1S/C14H20FNO3S/c1-10-3-4-11(7-12(10)15)13(2,17)14(8-16)5-6-20(18,19)9-14/h3-4,7,17H,5-6,8-9,16H2,1-2H3. The van der Waals surface area contributed by atoms with E-state index in [1.165, 1.54) is 13.0 Å². The normalized spacial score (nSPS) is 28.2. The molecule has 0 spiro atoms. The molecule has 0 aliphatic carbocycles. The Balaban J connectivity index is 2.49. The molecule has 1 aliphatic heterocycles. The molecular weight excluding hydrogens is 281 g/mol. The van der Waals surface area contributed by atoms with E-state index in [9.17, 15) is 17.9 Å². The molecule has 0 amide bonds. The summed E-state index contributed by atoms with van der Waals surface area (Å²) >= 11 is 0. The van der Waals surface area contributed by atoms with Crippen LogP contribution in [0.4, 0.5) is 4.39 Å². The van der Waals surface area contributed by atoms with Gasteiger partial charge in [-0.3, -0.25) is 0 Å². The van der Waals surface area contributed by atoms with Crippen molar-refractivity contribution in [2.24, 2.45) is 11.1 Å². The van der Waals surface area contributed by atoms with Crippen LogP contribution in [0.1, 0.15) is 24.5 Å². The van der Waals surface area contributed by atoms with E-state index in [0.717, 1.165) is 0 Å². The number of nitrogens with two attached hydrogens (primary N) is 1. The topological polar surface area (TPSA) is 80.4 Å². The molecule has 2 atom stereocenters. The average molecular weight is 301 g/mol. The Morgan fingerprint density at radius 2 is 2.15 bits per heavy atom. The van der Waals surface area contributed by atoms with Gasteiger partial charge in [-0.1, -0.05) is 12.1 Å². The molecule has 6 heteroatoms. The molecule has 1 heterocycles. The molecule has 1 fully saturated rings. The zero-order valence-electron chi connectivity index (χ0n) is 11.7. The summed E-state index contributed by atoms with van der Waals surface area (Å²) in [4.78, 5) is 0. The molecule has 0 aromatic heterocycles. The lowest BCUT2D eigenvalue weighted by atomic mass is 9.69. The van der Waals surface area contributed by atoms with Crippen LogP contribution in [-0.2, 0) is 15.4 Å². The lowest BCUT2D eigenvalue weighted by molar-refractivity contribution is -0.0585. The summed E-state index contributed by atoms with van der Waals surface area (Å²) in [6, 6.07) is 4.46. The Morgan fingerprint density at radius 3 is 2.60 bits per heavy atom. The monoisotopic (exact) mass is 301 g/mol. The van der Waals surface area contributed by atoms with Crippen LogP contribution in [0.3, 0.4) is 0 Å². The van der Waals surface area contributed by atoms with E-state index >= 15 is 0 Å². The van der Waals surface area contributed by atoms with Crippen LogP contribution in [0.25, 0.3) is 0 Å². The average Bonchev–Trinajstić information content (AvgIpc) is 2.70. The van der Waals surface area contributed by atoms with Crippen LogP contribution >= 0.6 is 0 Å². The van der Waals surface area contributed by atoms with Gasteiger partial charge >= 0.3 is 0 Å². The molecule has 2 rings (SSSR count). The van der Waals surface area contributed by atoms with Crippen molar-refractivity contribution in [3.05, 3.63) is 35.1 Å². The minimum atomic E-state index is -3.21. The van der Waals surface area contributed by atoms with Crippen molar-refractivity contribution in [1.29, 1.82) is 0 Å². The highest BCUT2D eigenvalue weighted by Gasteiger charge is 2.53. The van der Waals surface area contributed by atoms with E-state index in [2.05, 4.69) is 0 Å². The molecule has 3 N–H and O–H groups in total. The summed E-state index contributed by atoms with van der Waals surface area (Å²) in [7, 11) is -3.21. The molecule has 1 aliphatic rings. The van der Waals surface area contributed by atoms with E-state index in [1.807, 2.05) is 0 Å². The van der Waals surface area contributed by atoms with Crippen molar-refractivity contribution < 1.29 is 17.9 Å². The minimum absolute atomic E-state index is 0.00862. The lowest BCUT2D eigenvalue weighted by Crippen LogP contribution is -2.49. The van der Waals surface area contributed by atoms with E-state index in [0.29, 0.717) is 11.1 Å². The highest BCUT2D eigenvalue weighted by Crippen LogP contribution is 2.47. The highest BCUT2D eigenvalue weighted by molar-refractivity contribution is 7.91. The van der Waals surface area contributed by atoms with Gasteiger partial charge in [0.25, 0.3) is 0 Å². The van der Waals surface area contributed by atoms with Crippen molar-refractivity contribution in [2.45, 2.75) is 25.9 Å². The zero-order chi connectivity index (χ0) is 15.2. The summed E-state index contributed by atoms with van der Waals surface area (Å²) < 4.78 is 37.2. The fourth-order valence-corrected chi connectivity index (χ4v) is 5.09. The van der Waals surface area contributed by atoms with E-state index in [1.54, 1.807) is 19.1 Å². The van der Waals surface area contributed by atoms with Crippen LogP contribution in [-0.4, -0.2) is 31.6 Å². The number of benzene rings is 1. The van der Waals surface area contributed by atoms with Gasteiger partial charge in [-0.25, -0.2) is 12.8 Å². The molecule has 1 aromatic rings. The summed E-state index contributed by atoms with van der Waals surface area (Å²) in [6.07, 6.45) is 0.286. The number of hydrogen-bond donors (Lipinski definition) is 2. The maximum Gasteiger partial charge on any atom is 0.151 e. The predicted molar refractivity (Wildman–Crippen MR) is 75.5 cm³/mol. The third-order valence-corrected chi connectivity index (χ3v) is 6.36. The number of sulfone groups is 1. The second kappa shape index (κ2) is 4.79. The molecule has 1 saturated heterocycles. The van der Waals surface area contributed by atoms with Crippen molar-refractivity contribution >= 4 is 9.84 Å². The van der Waals surface area contributed by atoms with E-state index < -0.39 is 26.7 Å². The quantitative estimate of drug-likeness (QED) is 0.876. The second-order valence-electron chi connectivity index (χ2n) is 5.86. The van der Waals surface area contributed by atoms with Gasteiger partial charge in [-0.05, 0) is 37.5 Å². The number of hydrogen-bond acceptors (Lipinski definition) is 4. The van der Waals surface area contributed by atoms with Gasteiger partial charge in [0.1, 0.15) is 5.82 Å². The molecule has 0 bridgehead atoms. The van der Waals surface area contributed by atoms with Gasteiger partial charge in [0.2, 0.25) is 0 Å². The Bertz CT molecular complexity index is 627. The van der Waals surface area contributed by atoms with E-state index in [4.69, 9.17) is 5.73 Å². The first-order chi connectivity index (χ1) is 9.13. The van der Waals surface area contributed by atoms with Crippen molar-refractivity contribution in [2.75, 3.05) is 18.1 Å². The largest absolute Gasteiger partial charge is 0.385 e. The lowest BCUT2D eigenvalue weighted by Gasteiger charge is -2.41. The maximum atomic E-state index is 13.7. The first-order valence-electron chi connectivity index (χ1n) is 6.53. The van der Waals surface area contributed by atoms with Gasteiger partial charge in [0, 0.05) is 12.0 Å². The third-order valence-electron chi connectivity index (χ3n) is 4.55. The van der Waals surface area contributed by atoms with Crippen LogP contribution in [0.5, 0.6) is 0 Å². The van der Waals surface area contributed by atoms with Crippen molar-refractivity contribution in [1.82, 2.24) is 0 Å². The number of rotatable bonds is 3. The first kappa shape index (κ1) is 15.4. The molecule has 0 saturated carbocycles. The predicted octanol–water partition coefficient (Wildman–Crippen LogP) is 1.11. The highest BCUT2D eigenvalue weighted by atomic mass is 32.2. The summed E-state index contributed by atoms with van der Waals surface area (Å²) in [5.41, 5.74) is 4.15. The van der Waals surface area contributed by atoms with E-state index in [-0.39, 0.29) is 24.5 Å². The van der Waals surface area contributed by atoms with Crippen LogP contribution in [0, 0.1) is 18.2 Å². The van der Waals surface area contributed by atoms with Crippen LogP contribution in [0.15, 0.2) is 18.2 Å². The number of aryl methyl sites for hydroxylation is 1. The zero-order valence-corrected chi connectivity index (χ0v) is 12.5. The van der Waals surface area contributed by atoms with Gasteiger partial charge in [0.05, 0.1) is 17.1 Å². The number of aliphatic hydroxyl groups is 1. The molecule has 0 radical (unpaired) electrons. The van der Waals surface area contributed by atoms with Gasteiger partial charge in [0.15, 0.2) is 9.84 Å². The summed E-state index contributed by atoms with van der Waals surface area (Å²) in [6.45, 7) is 3.19. The third kappa shape index (κ3) is 2.36. The van der Waals surface area contributed by atoms with Gasteiger partial charge in [-0.15, -0.1) is 0 Å². The van der Waals surface area contributed by atoms with Crippen LogP contribution < -0.4 is 5.73 Å². The fraction of sp³-hybridized carbons (Fsp3) is 0.571. The molecule has 112 valence electrons. The summed E-state index contributed by atoms with van der Waals surface area (Å²) in [5.74, 6) is -0.580. The minimum Gasteiger partial charge on any atom is -0.385 e.